The van der Waals surface area contributed by atoms with E-state index >= 15 is 0 Å². The van der Waals surface area contributed by atoms with Gasteiger partial charge in [0, 0.05) is 11.5 Å². The molecule has 1 heteroatoms. The summed E-state index contributed by atoms with van der Waals surface area (Å²) in [7, 11) is 0. The third-order valence-corrected chi connectivity index (χ3v) is 3.31. The predicted molar refractivity (Wildman–Crippen MR) is 62.1 cm³/mol. The van der Waals surface area contributed by atoms with E-state index in [4.69, 9.17) is 0 Å². The fraction of sp³-hybridized carbons (Fsp3) is 0.500. The summed E-state index contributed by atoms with van der Waals surface area (Å²) in [6, 6.07) is 8.10. The lowest BCUT2D eigenvalue weighted by atomic mass is 9.99. The first kappa shape index (κ1) is 10.4. The summed E-state index contributed by atoms with van der Waals surface area (Å²) >= 11 is 0. The van der Waals surface area contributed by atoms with Gasteiger partial charge in [-0.1, -0.05) is 45.0 Å². The van der Waals surface area contributed by atoms with E-state index in [9.17, 15) is 4.79 Å². The zero-order valence-corrected chi connectivity index (χ0v) is 9.66. The number of carbonyl (C=O) groups excluding carboxylic acids is 1. The highest BCUT2D eigenvalue weighted by Crippen LogP contribution is 2.40. The first-order chi connectivity index (χ1) is 7.09. The Morgan fingerprint density at radius 3 is 2.20 bits per heavy atom. The number of hydrogen-bond acceptors (Lipinski definition) is 1. The van der Waals surface area contributed by atoms with Crippen LogP contribution in [0.1, 0.15) is 49.0 Å². The number of hydrogen-bond donors (Lipinski definition) is 0. The van der Waals surface area contributed by atoms with E-state index in [0.29, 0.717) is 23.5 Å². The molecule has 0 aromatic heterocycles. The molecule has 1 aromatic rings. The van der Waals surface area contributed by atoms with Crippen LogP contribution < -0.4 is 0 Å². The zero-order valence-electron chi connectivity index (χ0n) is 9.66. The zero-order chi connectivity index (χ0) is 11.0. The highest BCUT2D eigenvalue weighted by molar-refractivity contribution is 5.99. The van der Waals surface area contributed by atoms with Crippen LogP contribution in [0.15, 0.2) is 24.3 Å². The Morgan fingerprint density at radius 2 is 1.80 bits per heavy atom. The Hall–Kier alpha value is -1.11. The average molecular weight is 202 g/mol. The van der Waals surface area contributed by atoms with Gasteiger partial charge in [0.1, 0.15) is 0 Å². The summed E-state index contributed by atoms with van der Waals surface area (Å²) in [5, 5.41) is 0. The van der Waals surface area contributed by atoms with Crippen LogP contribution in [0.2, 0.25) is 0 Å². The second kappa shape index (κ2) is 3.80. The lowest BCUT2D eigenvalue weighted by molar-refractivity contribution is 0.0962. The fourth-order valence-corrected chi connectivity index (χ4v) is 1.93. The Kier molecular flexibility index (Phi) is 2.64. The molecule has 2 atom stereocenters. The molecule has 0 heterocycles. The van der Waals surface area contributed by atoms with Crippen molar-refractivity contribution in [1.29, 1.82) is 0 Å². The highest BCUT2D eigenvalue weighted by Gasteiger charge is 2.39. The average Bonchev–Trinajstić information content (AvgIpc) is 2.94. The third-order valence-electron chi connectivity index (χ3n) is 3.31. The van der Waals surface area contributed by atoms with Crippen LogP contribution in [0.25, 0.3) is 0 Å². The van der Waals surface area contributed by atoms with Crippen LogP contribution >= 0.6 is 0 Å². The third kappa shape index (κ3) is 2.11. The van der Waals surface area contributed by atoms with Crippen molar-refractivity contribution in [1.82, 2.24) is 0 Å². The predicted octanol–water partition coefficient (Wildman–Crippen LogP) is 3.65. The monoisotopic (exact) mass is 202 g/mol. The minimum absolute atomic E-state index is 0.301. The van der Waals surface area contributed by atoms with Crippen LogP contribution in [0.5, 0.6) is 0 Å². The van der Waals surface area contributed by atoms with E-state index in [0.717, 1.165) is 12.0 Å². The van der Waals surface area contributed by atoms with Gasteiger partial charge in [-0.2, -0.15) is 0 Å². The molecule has 1 fully saturated rings. The van der Waals surface area contributed by atoms with Crippen LogP contribution in [0.3, 0.4) is 0 Å². The van der Waals surface area contributed by atoms with Gasteiger partial charge in [0.25, 0.3) is 0 Å². The first-order valence-electron chi connectivity index (χ1n) is 5.73. The van der Waals surface area contributed by atoms with Gasteiger partial charge in [-0.05, 0) is 23.8 Å². The van der Waals surface area contributed by atoms with Gasteiger partial charge in [-0.25, -0.2) is 0 Å². The van der Waals surface area contributed by atoms with E-state index in [1.54, 1.807) is 0 Å². The lowest BCUT2D eigenvalue weighted by Crippen LogP contribution is -2.02. The minimum atomic E-state index is 0.301. The van der Waals surface area contributed by atoms with Gasteiger partial charge in [0.15, 0.2) is 5.78 Å². The topological polar surface area (TPSA) is 17.1 Å². The molecular weight excluding hydrogens is 184 g/mol. The summed E-state index contributed by atoms with van der Waals surface area (Å²) < 4.78 is 0. The van der Waals surface area contributed by atoms with Crippen molar-refractivity contribution < 1.29 is 4.79 Å². The summed E-state index contributed by atoms with van der Waals surface area (Å²) in [6.45, 7) is 6.48. The van der Waals surface area contributed by atoms with E-state index in [2.05, 4.69) is 32.9 Å². The van der Waals surface area contributed by atoms with Crippen molar-refractivity contribution in [3.05, 3.63) is 35.4 Å². The molecule has 0 spiro atoms. The summed E-state index contributed by atoms with van der Waals surface area (Å²) in [5.41, 5.74) is 2.18. The van der Waals surface area contributed by atoms with Crippen LogP contribution in [0.4, 0.5) is 0 Å². The summed E-state index contributed by atoms with van der Waals surface area (Å²) in [4.78, 5) is 11.9. The number of ketones is 1. The summed E-state index contributed by atoms with van der Waals surface area (Å²) in [6.07, 6.45) is 1.07. The Balaban J connectivity index is 2.13. The van der Waals surface area contributed by atoms with E-state index in [1.165, 1.54) is 5.56 Å². The second-order valence-electron chi connectivity index (χ2n) is 4.96. The Labute approximate surface area is 91.5 Å². The van der Waals surface area contributed by atoms with Gasteiger partial charge >= 0.3 is 0 Å². The van der Waals surface area contributed by atoms with Gasteiger partial charge in [0.05, 0.1) is 0 Å². The number of carbonyl (C=O) groups is 1. The molecule has 0 saturated heterocycles. The second-order valence-corrected chi connectivity index (χ2v) is 4.96. The molecule has 0 radical (unpaired) electrons. The van der Waals surface area contributed by atoms with Crippen molar-refractivity contribution in [3.8, 4) is 0 Å². The molecule has 0 amide bonds. The molecule has 80 valence electrons. The number of rotatable bonds is 3. The SMILES string of the molecule is CC(C)c1ccc(C(=O)C2CC2C)cc1. The molecule has 1 aromatic carbocycles. The smallest absolute Gasteiger partial charge is 0.166 e. The fourth-order valence-electron chi connectivity index (χ4n) is 1.93. The van der Waals surface area contributed by atoms with Crippen LogP contribution in [0, 0.1) is 11.8 Å². The molecule has 2 rings (SSSR count). The molecular formula is C14H18O. The van der Waals surface area contributed by atoms with Crippen LogP contribution in [-0.2, 0) is 0 Å². The Bertz CT molecular complexity index is 361. The highest BCUT2D eigenvalue weighted by atomic mass is 16.1. The van der Waals surface area contributed by atoms with Gasteiger partial charge in [0.2, 0.25) is 0 Å². The molecule has 1 aliphatic carbocycles. The van der Waals surface area contributed by atoms with Gasteiger partial charge < -0.3 is 0 Å². The van der Waals surface area contributed by atoms with E-state index in [1.807, 2.05) is 12.1 Å². The maximum absolute atomic E-state index is 11.9. The molecule has 1 saturated carbocycles. The maximum Gasteiger partial charge on any atom is 0.166 e. The normalized spacial score (nSPS) is 24.3. The van der Waals surface area contributed by atoms with Crippen LogP contribution in [-0.4, -0.2) is 5.78 Å². The standard InChI is InChI=1S/C14H18O/c1-9(2)11-4-6-12(7-5-11)14(15)13-8-10(13)3/h4-7,9-10,13H,8H2,1-3H3. The quantitative estimate of drug-likeness (QED) is 0.684. The van der Waals surface area contributed by atoms with Crippen molar-refractivity contribution in [3.63, 3.8) is 0 Å². The molecule has 1 nitrogen and oxygen atoms in total. The first-order valence-corrected chi connectivity index (χ1v) is 5.73. The minimum Gasteiger partial charge on any atom is -0.294 e. The van der Waals surface area contributed by atoms with Crippen molar-refractivity contribution in [2.75, 3.05) is 0 Å². The molecule has 1 aliphatic rings. The number of Topliss-reactive ketones (excluding diaryl/α,β-unsaturated/α-hetero) is 1. The van der Waals surface area contributed by atoms with E-state index in [-0.39, 0.29) is 0 Å². The molecule has 0 aliphatic heterocycles. The molecule has 0 N–H and O–H groups in total. The van der Waals surface area contributed by atoms with Crippen molar-refractivity contribution in [2.24, 2.45) is 11.8 Å². The van der Waals surface area contributed by atoms with Crippen molar-refractivity contribution in [2.45, 2.75) is 33.1 Å². The number of benzene rings is 1. The summed E-state index contributed by atoms with van der Waals surface area (Å²) in [5.74, 6) is 1.77. The van der Waals surface area contributed by atoms with E-state index < -0.39 is 0 Å². The van der Waals surface area contributed by atoms with Gasteiger partial charge in [-0.3, -0.25) is 4.79 Å². The molecule has 15 heavy (non-hydrogen) atoms. The largest absolute Gasteiger partial charge is 0.294 e. The maximum atomic E-state index is 11.9. The molecule has 0 bridgehead atoms. The van der Waals surface area contributed by atoms with Crippen molar-refractivity contribution >= 4 is 5.78 Å². The van der Waals surface area contributed by atoms with Gasteiger partial charge in [-0.15, -0.1) is 0 Å². The Morgan fingerprint density at radius 1 is 1.27 bits per heavy atom. The lowest BCUT2D eigenvalue weighted by Gasteiger charge is -2.06. The molecule has 2 unspecified atom stereocenters.